The van der Waals surface area contributed by atoms with Crippen LogP contribution < -0.4 is 4.18 Å². The molecule has 0 radical (unpaired) electrons. The Morgan fingerprint density at radius 2 is 1.53 bits per heavy atom. The molecule has 0 fully saturated rings. The Bertz CT molecular complexity index is 674. The van der Waals surface area contributed by atoms with Crippen LogP contribution in [0.2, 0.25) is 0 Å². The number of hydrogen-bond donors (Lipinski definition) is 0. The van der Waals surface area contributed by atoms with E-state index in [1.807, 2.05) is 6.92 Å². The van der Waals surface area contributed by atoms with Gasteiger partial charge in [0.2, 0.25) is 0 Å². The van der Waals surface area contributed by atoms with E-state index in [4.69, 9.17) is 4.18 Å². The Balaban J connectivity index is 2.46. The zero-order valence-electron chi connectivity index (χ0n) is 10.9. The summed E-state index contributed by atoms with van der Waals surface area (Å²) >= 11 is 0. The van der Waals surface area contributed by atoms with Crippen LogP contribution in [0.4, 0.5) is 0 Å². The Kier molecular flexibility index (Phi) is 3.53. The van der Waals surface area contributed by atoms with Crippen molar-refractivity contribution in [2.75, 3.05) is 0 Å². The molecule has 0 bridgehead atoms. The van der Waals surface area contributed by atoms with Crippen molar-refractivity contribution >= 4 is 10.1 Å². The highest BCUT2D eigenvalue weighted by molar-refractivity contribution is 7.87. The normalized spacial score (nSPS) is 11.3. The Labute approximate surface area is 112 Å². The fourth-order valence-electron chi connectivity index (χ4n) is 2.03. The molecule has 19 heavy (non-hydrogen) atoms. The lowest BCUT2D eigenvalue weighted by Crippen LogP contribution is -2.14. The van der Waals surface area contributed by atoms with E-state index in [9.17, 15) is 8.42 Å². The molecule has 0 aliphatic rings. The molecule has 0 N–H and O–H groups in total. The first-order valence-corrected chi connectivity index (χ1v) is 7.10. The van der Waals surface area contributed by atoms with E-state index in [0.717, 1.165) is 5.56 Å². The van der Waals surface area contributed by atoms with E-state index >= 15 is 0 Å². The number of benzene rings is 1. The molecule has 2 rings (SSSR count). The number of aryl methyl sites for hydroxylation is 3. The third-order valence-electron chi connectivity index (χ3n) is 2.58. The van der Waals surface area contributed by atoms with Crippen LogP contribution in [0.25, 0.3) is 0 Å². The molecule has 0 saturated heterocycles. The second-order valence-corrected chi connectivity index (χ2v) is 5.78. The molecule has 100 valence electrons. The van der Waals surface area contributed by atoms with Gasteiger partial charge in [-0.25, -0.2) is 9.97 Å². The molecule has 0 amide bonds. The number of nitrogens with zero attached hydrogens (tertiary/aromatic N) is 2. The maximum atomic E-state index is 12.3. The molecule has 6 heteroatoms. The molecule has 0 atom stereocenters. The lowest BCUT2D eigenvalue weighted by atomic mass is 10.1. The second kappa shape index (κ2) is 4.97. The van der Waals surface area contributed by atoms with Crippen molar-refractivity contribution in [2.45, 2.75) is 25.7 Å². The molecule has 1 aromatic heterocycles. The van der Waals surface area contributed by atoms with Gasteiger partial charge in [0.25, 0.3) is 0 Å². The van der Waals surface area contributed by atoms with Crippen molar-refractivity contribution in [3.63, 3.8) is 0 Å². The van der Waals surface area contributed by atoms with Crippen molar-refractivity contribution in [3.8, 4) is 6.01 Å². The fraction of sp³-hybridized carbons (Fsp3) is 0.231. The number of hydrogen-bond acceptors (Lipinski definition) is 5. The Morgan fingerprint density at radius 1 is 1.00 bits per heavy atom. The summed E-state index contributed by atoms with van der Waals surface area (Å²) in [6.07, 6.45) is 2.85. The van der Waals surface area contributed by atoms with Gasteiger partial charge in [0.1, 0.15) is 4.90 Å². The zero-order valence-corrected chi connectivity index (χ0v) is 11.7. The average molecular weight is 278 g/mol. The van der Waals surface area contributed by atoms with Gasteiger partial charge in [-0.15, -0.1) is 0 Å². The van der Waals surface area contributed by atoms with Gasteiger partial charge in [0.05, 0.1) is 0 Å². The maximum Gasteiger partial charge on any atom is 0.342 e. The van der Waals surface area contributed by atoms with Crippen LogP contribution in [0.15, 0.2) is 35.5 Å². The minimum atomic E-state index is -3.92. The van der Waals surface area contributed by atoms with Gasteiger partial charge >= 0.3 is 16.1 Å². The molecule has 1 aromatic carbocycles. The van der Waals surface area contributed by atoms with Crippen LogP contribution in [0.5, 0.6) is 6.01 Å². The fourth-order valence-corrected chi connectivity index (χ4v) is 3.30. The largest absolute Gasteiger partial charge is 0.342 e. The molecule has 0 aliphatic heterocycles. The van der Waals surface area contributed by atoms with Crippen molar-refractivity contribution in [1.29, 1.82) is 0 Å². The Hall–Kier alpha value is -1.95. The summed E-state index contributed by atoms with van der Waals surface area (Å²) in [7, 11) is -3.92. The van der Waals surface area contributed by atoms with Gasteiger partial charge in [0.15, 0.2) is 0 Å². The van der Waals surface area contributed by atoms with Crippen LogP contribution in [0, 0.1) is 20.8 Å². The first-order valence-electron chi connectivity index (χ1n) is 5.69. The predicted molar refractivity (Wildman–Crippen MR) is 70.5 cm³/mol. The summed E-state index contributed by atoms with van der Waals surface area (Å²) in [5.41, 5.74) is 2.30. The highest BCUT2D eigenvalue weighted by Crippen LogP contribution is 2.23. The third-order valence-corrected chi connectivity index (χ3v) is 4.09. The van der Waals surface area contributed by atoms with E-state index in [2.05, 4.69) is 9.97 Å². The Morgan fingerprint density at radius 3 is 2.05 bits per heavy atom. The first kappa shape index (κ1) is 13.5. The van der Waals surface area contributed by atoms with Gasteiger partial charge in [0, 0.05) is 12.4 Å². The summed E-state index contributed by atoms with van der Waals surface area (Å²) in [5, 5.41) is 0. The van der Waals surface area contributed by atoms with Crippen molar-refractivity contribution in [2.24, 2.45) is 0 Å². The molecular formula is C13H14N2O3S. The van der Waals surface area contributed by atoms with Crippen LogP contribution >= 0.6 is 0 Å². The summed E-state index contributed by atoms with van der Waals surface area (Å²) in [6, 6.07) is 5.01. The minimum Gasteiger partial charge on any atom is -0.339 e. The van der Waals surface area contributed by atoms with Gasteiger partial charge in [-0.3, -0.25) is 0 Å². The monoisotopic (exact) mass is 278 g/mol. The topological polar surface area (TPSA) is 69.2 Å². The average Bonchev–Trinajstić information content (AvgIpc) is 2.27. The van der Waals surface area contributed by atoms with E-state index in [1.54, 1.807) is 32.0 Å². The SMILES string of the molecule is Cc1cc(C)c(S(=O)(=O)Oc2ncccn2)c(C)c1. The quantitative estimate of drug-likeness (QED) is 0.805. The van der Waals surface area contributed by atoms with Crippen LogP contribution in [0.3, 0.4) is 0 Å². The molecule has 0 aliphatic carbocycles. The zero-order chi connectivity index (χ0) is 14.0. The van der Waals surface area contributed by atoms with E-state index in [1.165, 1.54) is 12.4 Å². The molecule has 2 aromatic rings. The summed E-state index contributed by atoms with van der Waals surface area (Å²) < 4.78 is 29.4. The number of rotatable bonds is 3. The van der Waals surface area contributed by atoms with E-state index < -0.39 is 10.1 Å². The standard InChI is InChI=1S/C13H14N2O3S/c1-9-7-10(2)12(11(3)8-9)19(16,17)18-13-14-5-4-6-15-13/h4-8H,1-3H3. The highest BCUT2D eigenvalue weighted by Gasteiger charge is 2.23. The molecule has 1 heterocycles. The minimum absolute atomic E-state index is 0.172. The highest BCUT2D eigenvalue weighted by atomic mass is 32.2. The predicted octanol–water partition coefficient (Wildman–Crippen LogP) is 2.17. The third kappa shape index (κ3) is 2.90. The first-order chi connectivity index (χ1) is 8.90. The molecule has 0 saturated carbocycles. The van der Waals surface area contributed by atoms with Crippen molar-refractivity contribution in [3.05, 3.63) is 47.3 Å². The van der Waals surface area contributed by atoms with Crippen LogP contribution in [-0.2, 0) is 10.1 Å². The molecule has 0 unspecified atom stereocenters. The molecule has 0 spiro atoms. The maximum absolute atomic E-state index is 12.3. The molecule has 5 nitrogen and oxygen atoms in total. The van der Waals surface area contributed by atoms with Crippen LogP contribution in [0.1, 0.15) is 16.7 Å². The van der Waals surface area contributed by atoms with Gasteiger partial charge in [-0.2, -0.15) is 8.42 Å². The second-order valence-electron chi connectivity index (χ2n) is 4.30. The number of aromatic nitrogens is 2. The smallest absolute Gasteiger partial charge is 0.339 e. The van der Waals surface area contributed by atoms with Crippen LogP contribution in [-0.4, -0.2) is 18.4 Å². The van der Waals surface area contributed by atoms with E-state index in [-0.39, 0.29) is 10.9 Å². The summed E-state index contributed by atoms with van der Waals surface area (Å²) in [4.78, 5) is 7.68. The lowest BCUT2D eigenvalue weighted by Gasteiger charge is -2.11. The van der Waals surface area contributed by atoms with Gasteiger partial charge in [-0.1, -0.05) is 17.7 Å². The van der Waals surface area contributed by atoms with Crippen molar-refractivity contribution < 1.29 is 12.6 Å². The van der Waals surface area contributed by atoms with Crippen molar-refractivity contribution in [1.82, 2.24) is 9.97 Å². The molecular weight excluding hydrogens is 264 g/mol. The summed E-state index contributed by atoms with van der Waals surface area (Å²) in [6.45, 7) is 5.39. The summed E-state index contributed by atoms with van der Waals surface area (Å²) in [5.74, 6) is 0. The van der Waals surface area contributed by atoms with E-state index in [0.29, 0.717) is 11.1 Å². The van der Waals surface area contributed by atoms with Gasteiger partial charge in [-0.05, 0) is 38.0 Å². The van der Waals surface area contributed by atoms with Gasteiger partial charge < -0.3 is 4.18 Å². The lowest BCUT2D eigenvalue weighted by molar-refractivity contribution is 0.463.